The minimum atomic E-state index is 0.836. The normalized spacial score (nSPS) is 11.1. The Balaban J connectivity index is 1.61. The lowest BCUT2D eigenvalue weighted by Crippen LogP contribution is -2.21. The number of nitrogens with zero attached hydrogens (tertiary/aromatic N) is 4. The minimum absolute atomic E-state index is 0.836. The van der Waals surface area contributed by atoms with E-state index >= 15 is 0 Å². The van der Waals surface area contributed by atoms with E-state index in [-0.39, 0.29) is 0 Å². The molecule has 0 aliphatic heterocycles. The summed E-state index contributed by atoms with van der Waals surface area (Å²) < 4.78 is 0. The van der Waals surface area contributed by atoms with Gasteiger partial charge in [-0.3, -0.25) is 4.90 Å². The van der Waals surface area contributed by atoms with Gasteiger partial charge in [-0.1, -0.05) is 77.9 Å². The number of hydrogen-bond donors (Lipinski definition) is 0. The van der Waals surface area contributed by atoms with E-state index in [2.05, 4.69) is 163 Å². The van der Waals surface area contributed by atoms with Gasteiger partial charge in [-0.25, -0.2) is 9.97 Å². The van der Waals surface area contributed by atoms with Gasteiger partial charge in [0.05, 0.1) is 22.7 Å². The fraction of sp³-hybridized carbons (Fsp3) is 0.227. The molecule has 0 fully saturated rings. The van der Waals surface area contributed by atoms with Crippen LogP contribution in [0.25, 0.3) is 11.1 Å². The van der Waals surface area contributed by atoms with Crippen LogP contribution >= 0.6 is 0 Å². The van der Waals surface area contributed by atoms with E-state index in [1.165, 1.54) is 83.8 Å². The van der Waals surface area contributed by atoms with E-state index in [0.717, 1.165) is 17.2 Å². The number of rotatable bonds is 7. The summed E-state index contributed by atoms with van der Waals surface area (Å²) in [5, 5.41) is 0. The van der Waals surface area contributed by atoms with Crippen LogP contribution in [-0.2, 0) is 0 Å². The lowest BCUT2D eigenvalue weighted by atomic mass is 9.91. The highest BCUT2D eigenvalue weighted by molar-refractivity contribution is 5.91. The van der Waals surface area contributed by atoms with E-state index < -0.39 is 0 Å². The molecule has 0 bridgehead atoms. The second-order valence-corrected chi connectivity index (χ2v) is 13.3. The lowest BCUT2D eigenvalue weighted by molar-refractivity contribution is 1.07. The molecule has 0 N–H and O–H groups in total. The second-order valence-electron chi connectivity index (χ2n) is 13.3. The number of aromatic nitrogens is 2. The molecule has 0 spiro atoms. The number of aryl methyl sites for hydroxylation is 6. The van der Waals surface area contributed by atoms with E-state index in [0.29, 0.717) is 0 Å². The fourth-order valence-electron chi connectivity index (χ4n) is 7.55. The molecule has 0 aliphatic rings. The van der Waals surface area contributed by atoms with Gasteiger partial charge in [0.2, 0.25) is 0 Å². The van der Waals surface area contributed by atoms with Gasteiger partial charge in [-0.2, -0.15) is 0 Å². The molecule has 0 saturated heterocycles. The molecule has 242 valence electrons. The molecule has 6 aromatic rings. The molecule has 1 aromatic heterocycles. The van der Waals surface area contributed by atoms with Gasteiger partial charge in [-0.15, -0.1) is 0 Å². The van der Waals surface area contributed by atoms with Crippen molar-refractivity contribution in [2.24, 2.45) is 0 Å². The SMILES string of the molecule is Cc1cc(C)c(N(c2c(C)cc(C)cc2C)c2c(C)c(C)c(N(c3ccc(-c4ccccc4)cc3)c3ccncn3)c(C)c2C)c(C)c1. The third-order valence-electron chi connectivity index (χ3n) is 9.74. The van der Waals surface area contributed by atoms with Gasteiger partial charge in [0.25, 0.3) is 0 Å². The molecule has 5 aromatic carbocycles. The van der Waals surface area contributed by atoms with Gasteiger partial charge in [0, 0.05) is 11.9 Å². The van der Waals surface area contributed by atoms with Crippen LogP contribution in [0.1, 0.15) is 55.6 Å². The Morgan fingerprint density at radius 2 is 0.875 bits per heavy atom. The molecule has 48 heavy (non-hydrogen) atoms. The van der Waals surface area contributed by atoms with Crippen molar-refractivity contribution in [1.29, 1.82) is 0 Å². The number of hydrogen-bond acceptors (Lipinski definition) is 4. The van der Waals surface area contributed by atoms with Crippen molar-refractivity contribution < 1.29 is 0 Å². The highest BCUT2D eigenvalue weighted by Gasteiger charge is 2.29. The molecule has 1 heterocycles. The van der Waals surface area contributed by atoms with Crippen molar-refractivity contribution in [3.63, 3.8) is 0 Å². The van der Waals surface area contributed by atoms with Gasteiger partial charge in [0.15, 0.2) is 0 Å². The van der Waals surface area contributed by atoms with Crippen molar-refractivity contribution in [2.45, 2.75) is 69.2 Å². The first-order valence-corrected chi connectivity index (χ1v) is 16.8. The molecule has 4 nitrogen and oxygen atoms in total. The van der Waals surface area contributed by atoms with E-state index in [4.69, 9.17) is 4.98 Å². The van der Waals surface area contributed by atoms with Crippen LogP contribution < -0.4 is 9.80 Å². The molecule has 0 radical (unpaired) electrons. The standard InChI is InChI=1S/C44H46N4/c1-27-22-29(3)41(30(4)23-27)48(42-31(5)24-28(2)25-32(42)6)44-35(9)33(7)43(34(8)36(44)10)47(40-20-21-45-26-46-40)39-18-16-38(17-19-39)37-14-12-11-13-15-37/h11-26H,1-10H3. The van der Waals surface area contributed by atoms with Crippen LogP contribution in [0.3, 0.4) is 0 Å². The molecule has 0 amide bonds. The molecule has 4 heteroatoms. The highest BCUT2D eigenvalue weighted by atomic mass is 15.2. The maximum Gasteiger partial charge on any atom is 0.140 e. The van der Waals surface area contributed by atoms with E-state index in [1.54, 1.807) is 6.33 Å². The van der Waals surface area contributed by atoms with Gasteiger partial charge in [0.1, 0.15) is 12.1 Å². The minimum Gasteiger partial charge on any atom is -0.309 e. The third-order valence-corrected chi connectivity index (χ3v) is 9.74. The van der Waals surface area contributed by atoms with Crippen molar-refractivity contribution in [3.05, 3.63) is 153 Å². The lowest BCUT2D eigenvalue weighted by Gasteiger charge is -2.37. The molecular weight excluding hydrogens is 585 g/mol. The van der Waals surface area contributed by atoms with E-state index in [1.807, 2.05) is 12.3 Å². The largest absolute Gasteiger partial charge is 0.309 e. The monoisotopic (exact) mass is 630 g/mol. The average molecular weight is 631 g/mol. The Morgan fingerprint density at radius 1 is 0.438 bits per heavy atom. The Morgan fingerprint density at radius 3 is 1.31 bits per heavy atom. The Bertz CT molecular complexity index is 1980. The first kappa shape index (κ1) is 32.7. The van der Waals surface area contributed by atoms with Crippen LogP contribution in [0.2, 0.25) is 0 Å². The maximum absolute atomic E-state index is 4.77. The van der Waals surface area contributed by atoms with Crippen LogP contribution in [0, 0.1) is 69.2 Å². The summed E-state index contributed by atoms with van der Waals surface area (Å²) in [5.74, 6) is 0.836. The molecule has 0 unspecified atom stereocenters. The zero-order chi connectivity index (χ0) is 34.3. The zero-order valence-corrected chi connectivity index (χ0v) is 30.0. The fourth-order valence-corrected chi connectivity index (χ4v) is 7.55. The number of anilines is 6. The number of benzene rings is 5. The van der Waals surface area contributed by atoms with Crippen molar-refractivity contribution >= 4 is 34.3 Å². The highest BCUT2D eigenvalue weighted by Crippen LogP contribution is 2.50. The summed E-state index contributed by atoms with van der Waals surface area (Å²) in [7, 11) is 0. The van der Waals surface area contributed by atoms with E-state index in [9.17, 15) is 0 Å². The maximum atomic E-state index is 4.77. The van der Waals surface area contributed by atoms with Crippen molar-refractivity contribution in [1.82, 2.24) is 9.97 Å². The predicted molar refractivity (Wildman–Crippen MR) is 204 cm³/mol. The van der Waals surface area contributed by atoms with Crippen LogP contribution in [0.5, 0.6) is 0 Å². The van der Waals surface area contributed by atoms with Crippen molar-refractivity contribution in [2.75, 3.05) is 9.80 Å². The topological polar surface area (TPSA) is 32.3 Å². The summed E-state index contributed by atoms with van der Waals surface area (Å²) in [6, 6.07) is 30.5. The molecular formula is C44H46N4. The summed E-state index contributed by atoms with van der Waals surface area (Å²) in [5.41, 5.74) is 20.9. The Kier molecular flexibility index (Phi) is 8.94. The molecule has 0 saturated carbocycles. The average Bonchev–Trinajstić information content (AvgIpc) is 3.06. The molecule has 6 rings (SSSR count). The van der Waals surface area contributed by atoms with Gasteiger partial charge < -0.3 is 4.90 Å². The summed E-state index contributed by atoms with van der Waals surface area (Å²) >= 11 is 0. The van der Waals surface area contributed by atoms with Crippen LogP contribution in [0.15, 0.2) is 97.5 Å². The third kappa shape index (κ3) is 5.88. The van der Waals surface area contributed by atoms with Crippen molar-refractivity contribution in [3.8, 4) is 11.1 Å². The Hall–Kier alpha value is -5.22. The Labute approximate surface area is 286 Å². The summed E-state index contributed by atoms with van der Waals surface area (Å²) in [6.07, 6.45) is 3.45. The van der Waals surface area contributed by atoms with Gasteiger partial charge >= 0.3 is 0 Å². The smallest absolute Gasteiger partial charge is 0.140 e. The first-order chi connectivity index (χ1) is 23.0. The molecule has 0 atom stereocenters. The predicted octanol–water partition coefficient (Wildman–Crippen LogP) is 12.2. The van der Waals surface area contributed by atoms with Crippen LogP contribution in [0.4, 0.5) is 34.3 Å². The van der Waals surface area contributed by atoms with Crippen LogP contribution in [-0.4, -0.2) is 9.97 Å². The second kappa shape index (κ2) is 13.1. The summed E-state index contributed by atoms with van der Waals surface area (Å²) in [4.78, 5) is 13.9. The quantitative estimate of drug-likeness (QED) is 0.176. The zero-order valence-electron chi connectivity index (χ0n) is 30.0. The first-order valence-electron chi connectivity index (χ1n) is 16.8. The molecule has 0 aliphatic carbocycles. The van der Waals surface area contributed by atoms with Gasteiger partial charge in [-0.05, 0) is 143 Å². The summed E-state index contributed by atoms with van der Waals surface area (Å²) in [6.45, 7) is 22.4.